The highest BCUT2D eigenvalue weighted by Crippen LogP contribution is 2.28. The summed E-state index contributed by atoms with van der Waals surface area (Å²) in [5.74, 6) is 0. The molecule has 2 aromatic rings. The number of nitrogens with one attached hydrogen (secondary N) is 1. The van der Waals surface area contributed by atoms with Crippen LogP contribution in [-0.2, 0) is 5.41 Å². The molecule has 1 heterocycles. The molecule has 0 bridgehead atoms. The fourth-order valence-corrected chi connectivity index (χ4v) is 2.09. The number of hydrogen-bond donors (Lipinski definition) is 1. The molecule has 1 N–H and O–H groups in total. The molecule has 1 aromatic carbocycles. The van der Waals surface area contributed by atoms with Gasteiger partial charge in [0.1, 0.15) is 0 Å². The number of hydrogen-bond acceptors (Lipinski definition) is 2. The quantitative estimate of drug-likeness (QED) is 0.859. The highest BCUT2D eigenvalue weighted by atomic mass is 14.9. The second-order valence-electron chi connectivity index (χ2n) is 6.54. The fraction of sp³-hybridized carbons (Fsp3) is 0.389. The van der Waals surface area contributed by atoms with Crippen LogP contribution in [0.15, 0.2) is 42.5 Å². The van der Waals surface area contributed by atoms with Crippen molar-refractivity contribution in [2.45, 2.75) is 46.1 Å². The summed E-state index contributed by atoms with van der Waals surface area (Å²) in [6, 6.07) is 15.0. The van der Waals surface area contributed by atoms with Crippen molar-refractivity contribution in [1.82, 2.24) is 4.98 Å². The highest BCUT2D eigenvalue weighted by Gasteiger charge is 2.17. The minimum absolute atomic E-state index is 0.0399. The van der Waals surface area contributed by atoms with E-state index in [4.69, 9.17) is 4.98 Å². The maximum Gasteiger partial charge on any atom is 0.0726 e. The van der Waals surface area contributed by atoms with Crippen molar-refractivity contribution in [3.05, 3.63) is 48.2 Å². The van der Waals surface area contributed by atoms with Gasteiger partial charge >= 0.3 is 0 Å². The molecule has 0 unspecified atom stereocenters. The maximum atomic E-state index is 4.84. The summed E-state index contributed by atoms with van der Waals surface area (Å²) in [4.78, 5) is 4.84. The third kappa shape index (κ3) is 3.60. The van der Waals surface area contributed by atoms with Crippen molar-refractivity contribution < 1.29 is 0 Å². The Morgan fingerprint density at radius 3 is 2.20 bits per heavy atom. The number of pyridine rings is 1. The summed E-state index contributed by atoms with van der Waals surface area (Å²) in [5.41, 5.74) is 4.48. The van der Waals surface area contributed by atoms with Gasteiger partial charge < -0.3 is 5.32 Å². The van der Waals surface area contributed by atoms with Gasteiger partial charge in [0.2, 0.25) is 0 Å². The zero-order chi connectivity index (χ0) is 14.8. The SMILES string of the molecule is CC(C)Nc1cc(-c2ccccc2)nc(C(C)(C)C)c1. The maximum absolute atomic E-state index is 4.84. The lowest BCUT2D eigenvalue weighted by atomic mass is 9.91. The summed E-state index contributed by atoms with van der Waals surface area (Å²) in [5, 5.41) is 3.49. The van der Waals surface area contributed by atoms with Crippen LogP contribution in [0.25, 0.3) is 11.3 Å². The third-order valence-corrected chi connectivity index (χ3v) is 3.12. The van der Waals surface area contributed by atoms with Gasteiger partial charge in [0.05, 0.1) is 5.69 Å². The van der Waals surface area contributed by atoms with Gasteiger partial charge in [-0.25, -0.2) is 0 Å². The van der Waals surface area contributed by atoms with Gasteiger partial charge in [-0.15, -0.1) is 0 Å². The Morgan fingerprint density at radius 2 is 1.65 bits per heavy atom. The molecule has 106 valence electrons. The van der Waals surface area contributed by atoms with Crippen LogP contribution in [0, 0.1) is 0 Å². The molecule has 0 amide bonds. The van der Waals surface area contributed by atoms with Crippen molar-refractivity contribution in [3.8, 4) is 11.3 Å². The lowest BCUT2D eigenvalue weighted by Crippen LogP contribution is -2.16. The van der Waals surface area contributed by atoms with E-state index < -0.39 is 0 Å². The van der Waals surface area contributed by atoms with Gasteiger partial charge in [0.15, 0.2) is 0 Å². The van der Waals surface area contributed by atoms with E-state index in [2.05, 4.69) is 76.3 Å². The van der Waals surface area contributed by atoms with E-state index in [0.29, 0.717) is 6.04 Å². The standard InChI is InChI=1S/C18H24N2/c1-13(2)19-15-11-16(14-9-7-6-8-10-14)20-17(12-15)18(3,4)5/h6-13H,1-5H3,(H,19,20). The highest BCUT2D eigenvalue weighted by molar-refractivity contribution is 5.65. The van der Waals surface area contributed by atoms with Crippen molar-refractivity contribution >= 4 is 5.69 Å². The topological polar surface area (TPSA) is 24.9 Å². The number of rotatable bonds is 3. The zero-order valence-electron chi connectivity index (χ0n) is 13.1. The molecule has 20 heavy (non-hydrogen) atoms. The molecule has 0 saturated heterocycles. The van der Waals surface area contributed by atoms with E-state index in [9.17, 15) is 0 Å². The smallest absolute Gasteiger partial charge is 0.0726 e. The Hall–Kier alpha value is -1.83. The van der Waals surface area contributed by atoms with Gasteiger partial charge in [0, 0.05) is 28.4 Å². The molecular formula is C18H24N2. The second-order valence-corrected chi connectivity index (χ2v) is 6.54. The van der Waals surface area contributed by atoms with Crippen LogP contribution >= 0.6 is 0 Å². The van der Waals surface area contributed by atoms with E-state index in [1.54, 1.807) is 0 Å². The zero-order valence-corrected chi connectivity index (χ0v) is 13.1. The lowest BCUT2D eigenvalue weighted by molar-refractivity contribution is 0.570. The van der Waals surface area contributed by atoms with Crippen LogP contribution in [0.2, 0.25) is 0 Å². The van der Waals surface area contributed by atoms with Crippen LogP contribution in [0.4, 0.5) is 5.69 Å². The minimum Gasteiger partial charge on any atom is -0.383 e. The summed E-state index contributed by atoms with van der Waals surface area (Å²) in [6.07, 6.45) is 0. The molecule has 0 atom stereocenters. The van der Waals surface area contributed by atoms with Crippen LogP contribution < -0.4 is 5.32 Å². The summed E-state index contributed by atoms with van der Waals surface area (Å²) in [7, 11) is 0. The van der Waals surface area contributed by atoms with Crippen LogP contribution in [-0.4, -0.2) is 11.0 Å². The summed E-state index contributed by atoms with van der Waals surface area (Å²) < 4.78 is 0. The van der Waals surface area contributed by atoms with Crippen LogP contribution in [0.1, 0.15) is 40.3 Å². The van der Waals surface area contributed by atoms with Gasteiger partial charge in [-0.1, -0.05) is 51.1 Å². The Labute approximate surface area is 122 Å². The molecule has 0 fully saturated rings. The van der Waals surface area contributed by atoms with Gasteiger partial charge in [-0.3, -0.25) is 4.98 Å². The largest absolute Gasteiger partial charge is 0.383 e. The molecule has 0 saturated carbocycles. The fourth-order valence-electron chi connectivity index (χ4n) is 2.09. The van der Waals surface area contributed by atoms with E-state index in [0.717, 1.165) is 22.6 Å². The van der Waals surface area contributed by atoms with Crippen LogP contribution in [0.3, 0.4) is 0 Å². The first kappa shape index (κ1) is 14.6. The molecular weight excluding hydrogens is 244 g/mol. The van der Waals surface area contributed by atoms with Crippen molar-refractivity contribution in [1.29, 1.82) is 0 Å². The Kier molecular flexibility index (Phi) is 4.12. The van der Waals surface area contributed by atoms with E-state index in [1.807, 2.05) is 6.07 Å². The molecule has 1 aromatic heterocycles. The van der Waals surface area contributed by atoms with Crippen LogP contribution in [0.5, 0.6) is 0 Å². The van der Waals surface area contributed by atoms with Crippen molar-refractivity contribution in [3.63, 3.8) is 0 Å². The first-order valence-electron chi connectivity index (χ1n) is 7.21. The van der Waals surface area contributed by atoms with Gasteiger partial charge in [-0.2, -0.15) is 0 Å². The second kappa shape index (κ2) is 5.66. The Balaban J connectivity index is 2.51. The average Bonchev–Trinajstić information content (AvgIpc) is 2.37. The van der Waals surface area contributed by atoms with Gasteiger partial charge in [0.25, 0.3) is 0 Å². The average molecular weight is 268 g/mol. The number of benzene rings is 1. The van der Waals surface area contributed by atoms with E-state index in [1.165, 1.54) is 0 Å². The lowest BCUT2D eigenvalue weighted by Gasteiger charge is -2.21. The molecule has 0 aliphatic heterocycles. The van der Waals surface area contributed by atoms with Crippen molar-refractivity contribution in [2.75, 3.05) is 5.32 Å². The van der Waals surface area contributed by atoms with Gasteiger partial charge in [-0.05, 0) is 26.0 Å². The third-order valence-electron chi connectivity index (χ3n) is 3.12. The monoisotopic (exact) mass is 268 g/mol. The first-order valence-corrected chi connectivity index (χ1v) is 7.21. The Bertz CT molecular complexity index is 566. The molecule has 2 nitrogen and oxygen atoms in total. The molecule has 0 radical (unpaired) electrons. The Morgan fingerprint density at radius 1 is 1.00 bits per heavy atom. The number of aromatic nitrogens is 1. The normalized spacial score (nSPS) is 11.7. The molecule has 2 rings (SSSR count). The van der Waals surface area contributed by atoms with Crippen molar-refractivity contribution in [2.24, 2.45) is 0 Å². The minimum atomic E-state index is 0.0399. The number of anilines is 1. The first-order chi connectivity index (χ1) is 9.36. The van der Waals surface area contributed by atoms with E-state index in [-0.39, 0.29) is 5.41 Å². The summed E-state index contributed by atoms with van der Waals surface area (Å²) in [6.45, 7) is 10.9. The summed E-state index contributed by atoms with van der Waals surface area (Å²) >= 11 is 0. The predicted molar refractivity (Wildman–Crippen MR) is 87.1 cm³/mol. The molecule has 0 aliphatic carbocycles. The molecule has 2 heteroatoms. The molecule has 0 aliphatic rings. The van der Waals surface area contributed by atoms with E-state index >= 15 is 0 Å². The number of nitrogens with zero attached hydrogens (tertiary/aromatic N) is 1. The predicted octanol–water partition coefficient (Wildman–Crippen LogP) is 4.87. The molecule has 0 spiro atoms.